The second kappa shape index (κ2) is 6.62. The molecule has 0 nitrogen and oxygen atoms in total. The summed E-state index contributed by atoms with van der Waals surface area (Å²) in [5.74, 6) is 0. The lowest BCUT2D eigenvalue weighted by molar-refractivity contribution is 1.20. The SMILES string of the molecule is C/C=C\C1=C(/C=C/CC)c2ccccc2-c2ccccc2C1. The monoisotopic (exact) mass is 286 g/mol. The number of benzene rings is 2. The Hall–Kier alpha value is -2.34. The molecule has 1 aliphatic carbocycles. The maximum Gasteiger partial charge on any atom is -0.00136 e. The lowest BCUT2D eigenvalue weighted by Gasteiger charge is -2.10. The van der Waals surface area contributed by atoms with Crippen LogP contribution in [0.25, 0.3) is 16.7 Å². The van der Waals surface area contributed by atoms with E-state index in [-0.39, 0.29) is 0 Å². The van der Waals surface area contributed by atoms with Crippen LogP contribution in [0.4, 0.5) is 0 Å². The summed E-state index contributed by atoms with van der Waals surface area (Å²) < 4.78 is 0. The fourth-order valence-corrected chi connectivity index (χ4v) is 3.15. The highest BCUT2D eigenvalue weighted by Crippen LogP contribution is 2.38. The van der Waals surface area contributed by atoms with Gasteiger partial charge in [-0.3, -0.25) is 0 Å². The third kappa shape index (κ3) is 2.69. The summed E-state index contributed by atoms with van der Waals surface area (Å²) in [7, 11) is 0. The Morgan fingerprint density at radius 3 is 2.27 bits per heavy atom. The maximum absolute atomic E-state index is 2.29. The molecule has 2 aromatic carbocycles. The van der Waals surface area contributed by atoms with Crippen LogP contribution in [-0.2, 0) is 6.42 Å². The van der Waals surface area contributed by atoms with Gasteiger partial charge in [-0.2, -0.15) is 0 Å². The normalized spacial score (nSPS) is 14.3. The summed E-state index contributed by atoms with van der Waals surface area (Å²) in [6.07, 6.45) is 11.0. The summed E-state index contributed by atoms with van der Waals surface area (Å²) in [6.45, 7) is 4.28. The quantitative estimate of drug-likeness (QED) is 0.629. The molecule has 110 valence electrons. The molecule has 0 fully saturated rings. The van der Waals surface area contributed by atoms with Crippen molar-refractivity contribution in [2.24, 2.45) is 0 Å². The molecule has 0 radical (unpaired) electrons. The highest BCUT2D eigenvalue weighted by Gasteiger charge is 2.18. The molecule has 0 unspecified atom stereocenters. The number of hydrogen-bond acceptors (Lipinski definition) is 0. The minimum atomic E-state index is 0.985. The number of allylic oxidation sites excluding steroid dienone is 6. The van der Waals surface area contributed by atoms with Crippen molar-refractivity contribution >= 4 is 5.57 Å². The van der Waals surface area contributed by atoms with E-state index in [1.807, 2.05) is 0 Å². The van der Waals surface area contributed by atoms with Gasteiger partial charge in [0.25, 0.3) is 0 Å². The van der Waals surface area contributed by atoms with E-state index >= 15 is 0 Å². The summed E-state index contributed by atoms with van der Waals surface area (Å²) >= 11 is 0. The lowest BCUT2D eigenvalue weighted by Crippen LogP contribution is -1.90. The predicted octanol–water partition coefficient (Wildman–Crippen LogP) is 6.21. The summed E-state index contributed by atoms with van der Waals surface area (Å²) in [6, 6.07) is 17.5. The molecule has 0 heterocycles. The summed E-state index contributed by atoms with van der Waals surface area (Å²) in [5.41, 5.74) is 8.19. The molecule has 2 aromatic rings. The molecular weight excluding hydrogens is 264 g/mol. The summed E-state index contributed by atoms with van der Waals surface area (Å²) in [5, 5.41) is 0. The molecule has 0 atom stereocenters. The van der Waals surface area contributed by atoms with Gasteiger partial charge in [-0.15, -0.1) is 0 Å². The topological polar surface area (TPSA) is 0 Å². The van der Waals surface area contributed by atoms with Crippen molar-refractivity contribution in [3.05, 3.63) is 89.5 Å². The number of rotatable bonds is 3. The Labute approximate surface area is 133 Å². The van der Waals surface area contributed by atoms with Gasteiger partial charge in [0.05, 0.1) is 0 Å². The highest BCUT2D eigenvalue weighted by atomic mass is 14.2. The van der Waals surface area contributed by atoms with Crippen molar-refractivity contribution in [2.75, 3.05) is 0 Å². The smallest absolute Gasteiger partial charge is 0.00136 e. The largest absolute Gasteiger partial charge is 0.0874 e. The molecule has 3 rings (SSSR count). The Balaban J connectivity index is 2.31. The lowest BCUT2D eigenvalue weighted by atomic mass is 9.94. The van der Waals surface area contributed by atoms with E-state index in [0.29, 0.717) is 0 Å². The molecule has 0 saturated carbocycles. The van der Waals surface area contributed by atoms with Gasteiger partial charge in [-0.1, -0.05) is 79.8 Å². The zero-order chi connectivity index (χ0) is 15.4. The first kappa shape index (κ1) is 14.6. The van der Waals surface area contributed by atoms with Crippen molar-refractivity contribution in [3.63, 3.8) is 0 Å². The molecule has 0 heteroatoms. The number of hydrogen-bond donors (Lipinski definition) is 0. The predicted molar refractivity (Wildman–Crippen MR) is 96.7 cm³/mol. The van der Waals surface area contributed by atoms with Crippen LogP contribution in [0.1, 0.15) is 31.4 Å². The van der Waals surface area contributed by atoms with E-state index in [9.17, 15) is 0 Å². The Bertz CT molecular complexity index is 757. The van der Waals surface area contributed by atoms with Gasteiger partial charge < -0.3 is 0 Å². The molecular formula is C22H22. The minimum Gasteiger partial charge on any atom is -0.0874 e. The second-order valence-corrected chi connectivity index (χ2v) is 5.63. The standard InChI is InChI=1S/C22H22/c1-3-5-12-19-17(10-4-2)16-18-11-6-7-13-20(18)22-15-9-8-14-21(19)22/h4-15H,3,16H2,1-2H3/b10-4-,12-5+. The molecule has 0 saturated heterocycles. The molecule has 0 amide bonds. The fourth-order valence-electron chi connectivity index (χ4n) is 3.15. The molecule has 0 N–H and O–H groups in total. The zero-order valence-electron chi connectivity index (χ0n) is 13.3. The zero-order valence-corrected chi connectivity index (χ0v) is 13.3. The van der Waals surface area contributed by atoms with Gasteiger partial charge in [0, 0.05) is 0 Å². The Kier molecular flexibility index (Phi) is 4.39. The minimum absolute atomic E-state index is 0.985. The van der Waals surface area contributed by atoms with Gasteiger partial charge in [-0.25, -0.2) is 0 Å². The second-order valence-electron chi connectivity index (χ2n) is 5.63. The first-order chi connectivity index (χ1) is 10.8. The van der Waals surface area contributed by atoms with E-state index in [4.69, 9.17) is 0 Å². The van der Waals surface area contributed by atoms with Crippen LogP contribution in [0.5, 0.6) is 0 Å². The Morgan fingerprint density at radius 2 is 1.55 bits per heavy atom. The molecule has 22 heavy (non-hydrogen) atoms. The molecule has 0 aromatic heterocycles. The third-order valence-electron chi connectivity index (χ3n) is 4.14. The molecule has 0 spiro atoms. The average Bonchev–Trinajstić information content (AvgIpc) is 2.68. The van der Waals surface area contributed by atoms with Gasteiger partial charge in [0.1, 0.15) is 0 Å². The van der Waals surface area contributed by atoms with Crippen LogP contribution in [0, 0.1) is 0 Å². The molecule has 0 bridgehead atoms. The highest BCUT2D eigenvalue weighted by molar-refractivity contribution is 5.91. The van der Waals surface area contributed by atoms with Crippen LogP contribution in [0.15, 0.2) is 78.4 Å². The average molecular weight is 286 g/mol. The van der Waals surface area contributed by atoms with Crippen molar-refractivity contribution in [2.45, 2.75) is 26.7 Å². The van der Waals surface area contributed by atoms with E-state index in [0.717, 1.165) is 12.8 Å². The van der Waals surface area contributed by atoms with Crippen LogP contribution >= 0.6 is 0 Å². The van der Waals surface area contributed by atoms with Gasteiger partial charge >= 0.3 is 0 Å². The van der Waals surface area contributed by atoms with Crippen molar-refractivity contribution in [1.29, 1.82) is 0 Å². The van der Waals surface area contributed by atoms with Crippen LogP contribution in [-0.4, -0.2) is 0 Å². The first-order valence-electron chi connectivity index (χ1n) is 8.05. The fraction of sp³-hybridized carbons (Fsp3) is 0.182. The van der Waals surface area contributed by atoms with Crippen LogP contribution in [0.3, 0.4) is 0 Å². The molecule has 0 aliphatic heterocycles. The van der Waals surface area contributed by atoms with E-state index in [1.54, 1.807) is 0 Å². The summed E-state index contributed by atoms with van der Waals surface area (Å²) in [4.78, 5) is 0. The van der Waals surface area contributed by atoms with Crippen molar-refractivity contribution in [3.8, 4) is 11.1 Å². The van der Waals surface area contributed by atoms with Crippen molar-refractivity contribution < 1.29 is 0 Å². The molecule has 1 aliphatic rings. The van der Waals surface area contributed by atoms with Crippen LogP contribution < -0.4 is 0 Å². The van der Waals surface area contributed by atoms with Gasteiger partial charge in [0.15, 0.2) is 0 Å². The Morgan fingerprint density at radius 1 is 0.864 bits per heavy atom. The van der Waals surface area contributed by atoms with E-state index in [1.165, 1.54) is 33.4 Å². The number of fused-ring (bicyclic) bond motifs is 3. The van der Waals surface area contributed by atoms with Crippen LogP contribution in [0.2, 0.25) is 0 Å². The van der Waals surface area contributed by atoms with E-state index in [2.05, 4.69) is 86.7 Å². The third-order valence-corrected chi connectivity index (χ3v) is 4.14. The van der Waals surface area contributed by atoms with Crippen molar-refractivity contribution in [1.82, 2.24) is 0 Å². The first-order valence-corrected chi connectivity index (χ1v) is 8.05. The van der Waals surface area contributed by atoms with Gasteiger partial charge in [0.2, 0.25) is 0 Å². The van der Waals surface area contributed by atoms with E-state index < -0.39 is 0 Å². The maximum atomic E-state index is 2.29. The van der Waals surface area contributed by atoms with Gasteiger partial charge in [-0.05, 0) is 53.2 Å².